The van der Waals surface area contributed by atoms with E-state index in [1.165, 1.54) is 5.56 Å². The minimum absolute atomic E-state index is 0.0271. The van der Waals surface area contributed by atoms with E-state index in [1.807, 2.05) is 18.2 Å². The van der Waals surface area contributed by atoms with Gasteiger partial charge in [0.15, 0.2) is 0 Å². The Labute approximate surface area is 108 Å². The summed E-state index contributed by atoms with van der Waals surface area (Å²) in [4.78, 5) is 13.6. The number of nitrogens with zero attached hydrogens (tertiary/aromatic N) is 1. The molecule has 18 heavy (non-hydrogen) atoms. The maximum Gasteiger partial charge on any atom is 0.317 e. The molecule has 98 valence electrons. The van der Waals surface area contributed by atoms with Crippen LogP contribution in [0.4, 0.5) is 4.79 Å². The Morgan fingerprint density at radius 1 is 1.22 bits per heavy atom. The van der Waals surface area contributed by atoms with Crippen LogP contribution in [0.1, 0.15) is 18.4 Å². The van der Waals surface area contributed by atoms with E-state index in [-0.39, 0.29) is 11.6 Å². The van der Waals surface area contributed by atoms with Crippen LogP contribution >= 0.6 is 0 Å². The summed E-state index contributed by atoms with van der Waals surface area (Å²) in [6, 6.07) is 10.2. The summed E-state index contributed by atoms with van der Waals surface area (Å²) in [6.45, 7) is 1.87. The third-order valence-electron chi connectivity index (χ3n) is 3.54. The molecule has 1 saturated heterocycles. The molecule has 0 unspecified atom stereocenters. The lowest BCUT2D eigenvalue weighted by atomic mass is 9.81. The van der Waals surface area contributed by atoms with Gasteiger partial charge in [0.05, 0.1) is 5.54 Å². The SMILES string of the molecule is CN(C)C(=O)NC1(c2ccccc2)CCNCC1. The number of carbonyl (C=O) groups is 1. The van der Waals surface area contributed by atoms with Gasteiger partial charge in [0.25, 0.3) is 0 Å². The van der Waals surface area contributed by atoms with Crippen LogP contribution in [0, 0.1) is 0 Å². The largest absolute Gasteiger partial charge is 0.331 e. The van der Waals surface area contributed by atoms with Crippen LogP contribution < -0.4 is 10.6 Å². The molecule has 0 saturated carbocycles. The standard InChI is InChI=1S/C14H21N3O/c1-17(2)13(18)16-14(8-10-15-11-9-14)12-6-4-3-5-7-12/h3-7,15H,8-11H2,1-2H3,(H,16,18). The molecule has 1 aliphatic rings. The second-order valence-electron chi connectivity index (χ2n) is 5.02. The second-order valence-corrected chi connectivity index (χ2v) is 5.02. The number of hydrogen-bond acceptors (Lipinski definition) is 2. The van der Waals surface area contributed by atoms with Gasteiger partial charge in [-0.1, -0.05) is 30.3 Å². The van der Waals surface area contributed by atoms with Gasteiger partial charge in [0.2, 0.25) is 0 Å². The molecule has 1 heterocycles. The molecule has 0 radical (unpaired) electrons. The first kappa shape index (κ1) is 12.9. The van der Waals surface area contributed by atoms with E-state index >= 15 is 0 Å². The van der Waals surface area contributed by atoms with Crippen molar-refractivity contribution in [1.29, 1.82) is 0 Å². The van der Waals surface area contributed by atoms with E-state index in [2.05, 4.69) is 22.8 Å². The van der Waals surface area contributed by atoms with Gasteiger partial charge < -0.3 is 15.5 Å². The van der Waals surface area contributed by atoms with Gasteiger partial charge >= 0.3 is 6.03 Å². The summed E-state index contributed by atoms with van der Waals surface area (Å²) < 4.78 is 0. The maximum absolute atomic E-state index is 12.0. The monoisotopic (exact) mass is 247 g/mol. The highest BCUT2D eigenvalue weighted by Gasteiger charge is 2.35. The van der Waals surface area contributed by atoms with E-state index in [9.17, 15) is 4.79 Å². The molecule has 1 aromatic rings. The molecule has 0 aromatic heterocycles. The molecule has 0 spiro atoms. The van der Waals surface area contributed by atoms with Crippen LogP contribution in [-0.4, -0.2) is 38.1 Å². The number of piperidine rings is 1. The molecular weight excluding hydrogens is 226 g/mol. The van der Waals surface area contributed by atoms with Crippen molar-refractivity contribution in [3.8, 4) is 0 Å². The fourth-order valence-electron chi connectivity index (χ4n) is 2.41. The third-order valence-corrected chi connectivity index (χ3v) is 3.54. The lowest BCUT2D eigenvalue weighted by molar-refractivity contribution is 0.186. The molecule has 2 N–H and O–H groups in total. The van der Waals surface area contributed by atoms with Gasteiger partial charge in [-0.2, -0.15) is 0 Å². The number of nitrogens with one attached hydrogen (secondary N) is 2. The van der Waals surface area contributed by atoms with Gasteiger partial charge in [-0.05, 0) is 31.5 Å². The Kier molecular flexibility index (Phi) is 3.87. The van der Waals surface area contributed by atoms with Crippen LogP contribution in [0.15, 0.2) is 30.3 Å². The van der Waals surface area contributed by atoms with Gasteiger partial charge in [0, 0.05) is 14.1 Å². The molecule has 1 fully saturated rings. The van der Waals surface area contributed by atoms with Crippen molar-refractivity contribution in [2.75, 3.05) is 27.2 Å². The van der Waals surface area contributed by atoms with E-state index in [1.54, 1.807) is 19.0 Å². The highest BCUT2D eigenvalue weighted by molar-refractivity contribution is 5.74. The highest BCUT2D eigenvalue weighted by atomic mass is 16.2. The molecule has 1 aromatic carbocycles. The Bertz CT molecular complexity index is 397. The van der Waals surface area contributed by atoms with Crippen molar-refractivity contribution in [3.05, 3.63) is 35.9 Å². The molecule has 0 bridgehead atoms. The lowest BCUT2D eigenvalue weighted by Crippen LogP contribution is -2.54. The summed E-state index contributed by atoms with van der Waals surface area (Å²) in [5, 5.41) is 6.54. The van der Waals surface area contributed by atoms with E-state index < -0.39 is 0 Å². The normalized spacial score (nSPS) is 18.1. The van der Waals surface area contributed by atoms with Crippen molar-refractivity contribution >= 4 is 6.03 Å². The minimum atomic E-state index is -0.228. The first-order chi connectivity index (χ1) is 8.64. The van der Waals surface area contributed by atoms with Crippen molar-refractivity contribution in [2.45, 2.75) is 18.4 Å². The molecule has 0 aliphatic carbocycles. The van der Waals surface area contributed by atoms with Gasteiger partial charge in [-0.15, -0.1) is 0 Å². The van der Waals surface area contributed by atoms with Crippen LogP contribution in [0.3, 0.4) is 0 Å². The van der Waals surface area contributed by atoms with E-state index in [0.717, 1.165) is 25.9 Å². The number of rotatable bonds is 2. The Morgan fingerprint density at radius 3 is 2.39 bits per heavy atom. The van der Waals surface area contributed by atoms with E-state index in [4.69, 9.17) is 0 Å². The second kappa shape index (κ2) is 5.40. The Balaban J connectivity index is 2.26. The number of benzene rings is 1. The number of carbonyl (C=O) groups excluding carboxylic acids is 1. The summed E-state index contributed by atoms with van der Waals surface area (Å²) >= 11 is 0. The average Bonchev–Trinajstić information content (AvgIpc) is 2.40. The topological polar surface area (TPSA) is 44.4 Å². The molecule has 2 amide bonds. The molecule has 1 aliphatic heterocycles. The summed E-state index contributed by atoms with van der Waals surface area (Å²) in [5.41, 5.74) is 0.968. The van der Waals surface area contributed by atoms with Gasteiger partial charge in [0.1, 0.15) is 0 Å². The first-order valence-corrected chi connectivity index (χ1v) is 6.40. The number of hydrogen-bond donors (Lipinski definition) is 2. The molecular formula is C14H21N3O. The fourth-order valence-corrected chi connectivity index (χ4v) is 2.41. The van der Waals surface area contributed by atoms with Crippen LogP contribution in [0.25, 0.3) is 0 Å². The number of amides is 2. The average molecular weight is 247 g/mol. The Hall–Kier alpha value is -1.55. The third kappa shape index (κ3) is 2.64. The van der Waals surface area contributed by atoms with Crippen LogP contribution in [0.2, 0.25) is 0 Å². The molecule has 2 rings (SSSR count). The number of urea groups is 1. The highest BCUT2D eigenvalue weighted by Crippen LogP contribution is 2.30. The summed E-state index contributed by atoms with van der Waals surface area (Å²) in [7, 11) is 3.55. The molecule has 4 heteroatoms. The quantitative estimate of drug-likeness (QED) is 0.832. The predicted octanol–water partition coefficient (Wildman–Crippen LogP) is 1.54. The zero-order valence-corrected chi connectivity index (χ0v) is 11.1. The van der Waals surface area contributed by atoms with Crippen molar-refractivity contribution in [2.24, 2.45) is 0 Å². The van der Waals surface area contributed by atoms with Gasteiger partial charge in [-0.3, -0.25) is 0 Å². The summed E-state index contributed by atoms with van der Waals surface area (Å²) in [5.74, 6) is 0. The molecule has 0 atom stereocenters. The van der Waals surface area contributed by atoms with Gasteiger partial charge in [-0.25, -0.2) is 4.79 Å². The zero-order chi connectivity index (χ0) is 13.0. The van der Waals surface area contributed by atoms with Crippen LogP contribution in [0.5, 0.6) is 0 Å². The minimum Gasteiger partial charge on any atom is -0.331 e. The lowest BCUT2D eigenvalue weighted by Gasteiger charge is -2.39. The first-order valence-electron chi connectivity index (χ1n) is 6.40. The molecule has 4 nitrogen and oxygen atoms in total. The van der Waals surface area contributed by atoms with Crippen molar-refractivity contribution < 1.29 is 4.79 Å². The predicted molar refractivity (Wildman–Crippen MR) is 72.4 cm³/mol. The van der Waals surface area contributed by atoms with Crippen molar-refractivity contribution in [1.82, 2.24) is 15.5 Å². The van der Waals surface area contributed by atoms with Crippen LogP contribution in [-0.2, 0) is 5.54 Å². The van der Waals surface area contributed by atoms with E-state index in [0.29, 0.717) is 0 Å². The fraction of sp³-hybridized carbons (Fsp3) is 0.500. The summed E-state index contributed by atoms with van der Waals surface area (Å²) in [6.07, 6.45) is 1.85. The smallest absolute Gasteiger partial charge is 0.317 e. The zero-order valence-electron chi connectivity index (χ0n) is 11.1. The van der Waals surface area contributed by atoms with Crippen molar-refractivity contribution in [3.63, 3.8) is 0 Å². The maximum atomic E-state index is 12.0. The Morgan fingerprint density at radius 2 is 1.83 bits per heavy atom.